The molecule has 19 heavy (non-hydrogen) atoms. The van der Waals surface area contributed by atoms with Crippen molar-refractivity contribution in [2.24, 2.45) is 7.05 Å². The van der Waals surface area contributed by atoms with Gasteiger partial charge in [-0.1, -0.05) is 18.2 Å². The molecule has 2 heterocycles. The fourth-order valence-corrected chi connectivity index (χ4v) is 2.50. The van der Waals surface area contributed by atoms with Crippen LogP contribution in [0.5, 0.6) is 0 Å². The summed E-state index contributed by atoms with van der Waals surface area (Å²) >= 11 is 0. The lowest BCUT2D eigenvalue weighted by Gasteiger charge is -2.08. The van der Waals surface area contributed by atoms with E-state index >= 15 is 0 Å². The molecule has 0 bridgehead atoms. The fraction of sp³-hybridized carbons (Fsp3) is 0.267. The van der Waals surface area contributed by atoms with Crippen molar-refractivity contribution in [2.45, 2.75) is 19.4 Å². The zero-order chi connectivity index (χ0) is 13.4. The van der Waals surface area contributed by atoms with Crippen LogP contribution in [0.1, 0.15) is 23.0 Å². The average molecular weight is 256 g/mol. The molecule has 0 spiro atoms. The smallest absolute Gasteiger partial charge is 0.134 e. The van der Waals surface area contributed by atoms with E-state index in [0.717, 1.165) is 27.9 Å². The van der Waals surface area contributed by atoms with Gasteiger partial charge in [0, 0.05) is 30.6 Å². The van der Waals surface area contributed by atoms with Gasteiger partial charge < -0.3 is 9.52 Å². The summed E-state index contributed by atoms with van der Waals surface area (Å²) in [6, 6.07) is 7.79. The Morgan fingerprint density at radius 3 is 2.89 bits per heavy atom. The van der Waals surface area contributed by atoms with Gasteiger partial charge >= 0.3 is 0 Å². The van der Waals surface area contributed by atoms with Gasteiger partial charge in [0.1, 0.15) is 11.3 Å². The Hall–Kier alpha value is -2.07. The highest BCUT2D eigenvalue weighted by Crippen LogP contribution is 2.31. The minimum absolute atomic E-state index is 0.540. The van der Waals surface area contributed by atoms with E-state index in [1.807, 2.05) is 44.4 Å². The van der Waals surface area contributed by atoms with Gasteiger partial charge in [0.25, 0.3) is 0 Å². The van der Waals surface area contributed by atoms with Crippen molar-refractivity contribution in [2.75, 3.05) is 0 Å². The van der Waals surface area contributed by atoms with Gasteiger partial charge in [0.05, 0.1) is 12.3 Å². The van der Waals surface area contributed by atoms with Gasteiger partial charge in [-0.15, -0.1) is 0 Å². The number of nitrogens with zero attached hydrogens (tertiary/aromatic N) is 2. The highest BCUT2D eigenvalue weighted by molar-refractivity contribution is 5.82. The molecule has 3 aromatic rings. The van der Waals surface area contributed by atoms with Crippen LogP contribution in [-0.4, -0.2) is 14.9 Å². The standard InChI is InChI=1S/C15H16N2O2/c1-10-15(12-5-3-4-6-14(12)19-10)13(18)7-11-8-16-17(2)9-11/h3-6,8-9,13,18H,7H2,1-2H3. The summed E-state index contributed by atoms with van der Waals surface area (Å²) in [5, 5.41) is 15.6. The Labute approximate surface area is 111 Å². The Balaban J connectivity index is 1.97. The van der Waals surface area contributed by atoms with E-state index in [1.165, 1.54) is 0 Å². The first-order valence-corrected chi connectivity index (χ1v) is 6.29. The molecule has 2 aromatic heterocycles. The van der Waals surface area contributed by atoms with Gasteiger partial charge in [0.2, 0.25) is 0 Å². The molecule has 0 radical (unpaired) electrons. The molecule has 0 aliphatic rings. The lowest BCUT2D eigenvalue weighted by atomic mass is 10.0. The highest BCUT2D eigenvalue weighted by Gasteiger charge is 2.19. The van der Waals surface area contributed by atoms with E-state index in [9.17, 15) is 5.11 Å². The maximum absolute atomic E-state index is 10.5. The van der Waals surface area contributed by atoms with Crippen molar-refractivity contribution < 1.29 is 9.52 Å². The first-order chi connectivity index (χ1) is 9.15. The molecular weight excluding hydrogens is 240 g/mol. The van der Waals surface area contributed by atoms with Crippen LogP contribution in [0.2, 0.25) is 0 Å². The first kappa shape index (κ1) is 12.0. The molecule has 0 saturated heterocycles. The van der Waals surface area contributed by atoms with Crippen molar-refractivity contribution in [3.63, 3.8) is 0 Å². The number of aryl methyl sites for hydroxylation is 2. The molecular formula is C15H16N2O2. The van der Waals surface area contributed by atoms with Gasteiger partial charge in [0.15, 0.2) is 0 Å². The number of fused-ring (bicyclic) bond motifs is 1. The third kappa shape index (κ3) is 2.15. The largest absolute Gasteiger partial charge is 0.461 e. The molecule has 1 aromatic carbocycles. The van der Waals surface area contributed by atoms with Gasteiger partial charge in [-0.3, -0.25) is 4.68 Å². The lowest BCUT2D eigenvalue weighted by Crippen LogP contribution is -2.02. The summed E-state index contributed by atoms with van der Waals surface area (Å²) in [5.74, 6) is 0.776. The van der Waals surface area contributed by atoms with Crippen molar-refractivity contribution in [1.29, 1.82) is 0 Å². The number of para-hydroxylation sites is 1. The number of benzene rings is 1. The SMILES string of the molecule is Cc1oc2ccccc2c1C(O)Cc1cnn(C)c1. The van der Waals surface area contributed by atoms with Gasteiger partial charge in [-0.25, -0.2) is 0 Å². The summed E-state index contributed by atoms with van der Waals surface area (Å²) < 4.78 is 7.42. The van der Waals surface area contributed by atoms with Crippen LogP contribution in [0, 0.1) is 6.92 Å². The Kier molecular flexibility index (Phi) is 2.87. The van der Waals surface area contributed by atoms with Crippen LogP contribution in [0.4, 0.5) is 0 Å². The predicted octanol–water partition coefficient (Wildman–Crippen LogP) is 2.75. The Morgan fingerprint density at radius 1 is 1.37 bits per heavy atom. The second-order valence-corrected chi connectivity index (χ2v) is 4.81. The monoisotopic (exact) mass is 256 g/mol. The Bertz CT molecular complexity index is 712. The molecule has 0 aliphatic carbocycles. The maximum atomic E-state index is 10.5. The summed E-state index contributed by atoms with van der Waals surface area (Å²) in [6.45, 7) is 1.89. The summed E-state index contributed by atoms with van der Waals surface area (Å²) in [5.41, 5.74) is 2.71. The number of rotatable bonds is 3. The maximum Gasteiger partial charge on any atom is 0.134 e. The van der Waals surface area contributed by atoms with Crippen LogP contribution in [0.3, 0.4) is 0 Å². The van der Waals surface area contributed by atoms with Crippen molar-refractivity contribution >= 4 is 11.0 Å². The molecule has 0 saturated carbocycles. The molecule has 0 amide bonds. The first-order valence-electron chi connectivity index (χ1n) is 6.29. The predicted molar refractivity (Wildman–Crippen MR) is 72.8 cm³/mol. The van der Waals surface area contributed by atoms with Crippen molar-refractivity contribution in [3.05, 3.63) is 53.5 Å². The van der Waals surface area contributed by atoms with Crippen LogP contribution in [0.25, 0.3) is 11.0 Å². The summed E-state index contributed by atoms with van der Waals surface area (Å²) in [6.07, 6.45) is 3.66. The number of furan rings is 1. The fourth-order valence-electron chi connectivity index (χ4n) is 2.50. The number of hydrogen-bond donors (Lipinski definition) is 1. The molecule has 1 N–H and O–H groups in total. The van der Waals surface area contributed by atoms with E-state index in [-0.39, 0.29) is 0 Å². The molecule has 98 valence electrons. The van der Waals surface area contributed by atoms with Gasteiger partial charge in [-0.05, 0) is 18.6 Å². The highest BCUT2D eigenvalue weighted by atomic mass is 16.3. The van der Waals surface area contributed by atoms with E-state index in [2.05, 4.69) is 5.10 Å². The number of aromatic nitrogens is 2. The minimum Gasteiger partial charge on any atom is -0.461 e. The molecule has 4 nitrogen and oxygen atoms in total. The molecule has 0 aliphatic heterocycles. The third-order valence-corrected chi connectivity index (χ3v) is 3.34. The van der Waals surface area contributed by atoms with Crippen LogP contribution < -0.4 is 0 Å². The second kappa shape index (κ2) is 4.55. The lowest BCUT2D eigenvalue weighted by molar-refractivity contribution is 0.177. The molecule has 1 atom stereocenters. The van der Waals surface area contributed by atoms with Crippen molar-refractivity contribution in [3.8, 4) is 0 Å². The van der Waals surface area contributed by atoms with Crippen LogP contribution in [0.15, 0.2) is 41.1 Å². The number of aliphatic hydroxyl groups is 1. The average Bonchev–Trinajstić information content (AvgIpc) is 2.91. The Morgan fingerprint density at radius 2 is 2.16 bits per heavy atom. The second-order valence-electron chi connectivity index (χ2n) is 4.81. The normalized spacial score (nSPS) is 13.0. The minimum atomic E-state index is -0.576. The van der Waals surface area contributed by atoms with E-state index in [4.69, 9.17) is 4.42 Å². The van der Waals surface area contributed by atoms with Crippen molar-refractivity contribution in [1.82, 2.24) is 9.78 Å². The number of aliphatic hydroxyl groups excluding tert-OH is 1. The quantitative estimate of drug-likeness (QED) is 0.784. The molecule has 1 unspecified atom stereocenters. The van der Waals surface area contributed by atoms with Crippen LogP contribution >= 0.6 is 0 Å². The van der Waals surface area contributed by atoms with E-state index in [1.54, 1.807) is 10.9 Å². The van der Waals surface area contributed by atoms with Gasteiger partial charge in [-0.2, -0.15) is 5.10 Å². The number of hydrogen-bond acceptors (Lipinski definition) is 3. The molecule has 3 rings (SSSR count). The zero-order valence-electron chi connectivity index (χ0n) is 11.0. The zero-order valence-corrected chi connectivity index (χ0v) is 11.0. The van der Waals surface area contributed by atoms with E-state index in [0.29, 0.717) is 6.42 Å². The summed E-state index contributed by atoms with van der Waals surface area (Å²) in [4.78, 5) is 0. The summed E-state index contributed by atoms with van der Waals surface area (Å²) in [7, 11) is 1.87. The van der Waals surface area contributed by atoms with E-state index < -0.39 is 6.10 Å². The van der Waals surface area contributed by atoms with Crippen LogP contribution in [-0.2, 0) is 13.5 Å². The third-order valence-electron chi connectivity index (χ3n) is 3.34. The topological polar surface area (TPSA) is 51.2 Å². The molecule has 0 fully saturated rings. The molecule has 4 heteroatoms.